The molecule has 1 aromatic carbocycles. The Labute approximate surface area is 111 Å². The Hall–Kier alpha value is -1.81. The molecular weight excluding hydrogens is 242 g/mol. The fourth-order valence-corrected chi connectivity index (χ4v) is 2.25. The van der Waals surface area contributed by atoms with Gasteiger partial charge in [0.15, 0.2) is 0 Å². The van der Waals surface area contributed by atoms with Crippen molar-refractivity contribution >= 4 is 10.9 Å². The normalized spacial score (nSPS) is 13.7. The first-order valence-electron chi connectivity index (χ1n) is 6.28. The molecule has 2 aromatic rings. The lowest BCUT2D eigenvalue weighted by Crippen LogP contribution is -2.33. The maximum absolute atomic E-state index is 12.4. The number of nitrogens with zero attached hydrogens (tertiary/aromatic N) is 1. The summed E-state index contributed by atoms with van der Waals surface area (Å²) in [4.78, 5) is 12.4. The molecule has 1 aromatic heterocycles. The Bertz CT molecular complexity index is 680. The van der Waals surface area contributed by atoms with E-state index in [0.29, 0.717) is 10.9 Å². The van der Waals surface area contributed by atoms with Crippen LogP contribution in [0.5, 0.6) is 5.75 Å². The molecule has 0 saturated heterocycles. The van der Waals surface area contributed by atoms with E-state index in [0.717, 1.165) is 0 Å². The lowest BCUT2D eigenvalue weighted by molar-refractivity contribution is 0.0545. The Morgan fingerprint density at radius 1 is 1.26 bits per heavy atom. The summed E-state index contributed by atoms with van der Waals surface area (Å²) in [5.74, 6) is -0.496. The maximum Gasteiger partial charge on any atom is 0.258 e. The highest BCUT2D eigenvalue weighted by molar-refractivity contribution is 5.86. The van der Waals surface area contributed by atoms with Crippen molar-refractivity contribution in [1.29, 1.82) is 0 Å². The minimum Gasteiger partial charge on any atom is -0.507 e. The molecule has 0 aliphatic carbocycles. The Morgan fingerprint density at radius 2 is 1.84 bits per heavy atom. The lowest BCUT2D eigenvalue weighted by Gasteiger charge is -2.27. The van der Waals surface area contributed by atoms with Crippen molar-refractivity contribution in [2.45, 2.75) is 32.3 Å². The SMILES string of the molecule is C[C@H](c1c(O)c2ccccc2n(C)c1=O)C(C)(C)O. The van der Waals surface area contributed by atoms with Gasteiger partial charge in [-0.3, -0.25) is 4.79 Å². The molecule has 2 rings (SSSR count). The van der Waals surface area contributed by atoms with Gasteiger partial charge >= 0.3 is 0 Å². The van der Waals surface area contributed by atoms with Gasteiger partial charge in [0.1, 0.15) is 5.75 Å². The molecule has 0 spiro atoms. The zero-order valence-electron chi connectivity index (χ0n) is 11.6. The average molecular weight is 261 g/mol. The van der Waals surface area contributed by atoms with Gasteiger partial charge in [0.2, 0.25) is 0 Å². The second-order valence-electron chi connectivity index (χ2n) is 5.52. The van der Waals surface area contributed by atoms with E-state index in [1.165, 1.54) is 4.57 Å². The molecule has 1 atom stereocenters. The van der Waals surface area contributed by atoms with Gasteiger partial charge in [0.05, 0.1) is 16.7 Å². The van der Waals surface area contributed by atoms with E-state index in [4.69, 9.17) is 0 Å². The number of hydrogen-bond donors (Lipinski definition) is 2. The van der Waals surface area contributed by atoms with Crippen LogP contribution in [0.25, 0.3) is 10.9 Å². The zero-order valence-corrected chi connectivity index (χ0v) is 11.6. The van der Waals surface area contributed by atoms with Crippen molar-refractivity contribution in [3.05, 3.63) is 40.2 Å². The van der Waals surface area contributed by atoms with Gasteiger partial charge in [-0.25, -0.2) is 0 Å². The molecule has 4 nitrogen and oxygen atoms in total. The average Bonchev–Trinajstić information content (AvgIpc) is 2.35. The summed E-state index contributed by atoms with van der Waals surface area (Å²) in [6.07, 6.45) is 0. The second-order valence-corrected chi connectivity index (χ2v) is 5.52. The molecule has 102 valence electrons. The van der Waals surface area contributed by atoms with Crippen molar-refractivity contribution in [3.8, 4) is 5.75 Å². The highest BCUT2D eigenvalue weighted by Crippen LogP contribution is 2.35. The van der Waals surface area contributed by atoms with Crippen molar-refractivity contribution in [3.63, 3.8) is 0 Å². The molecular formula is C15H19NO3. The summed E-state index contributed by atoms with van der Waals surface area (Å²) in [6.45, 7) is 5.00. The Morgan fingerprint density at radius 3 is 2.42 bits per heavy atom. The predicted molar refractivity (Wildman–Crippen MR) is 75.6 cm³/mol. The van der Waals surface area contributed by atoms with Crippen LogP contribution in [-0.2, 0) is 7.05 Å². The summed E-state index contributed by atoms with van der Waals surface area (Å²) in [5, 5.41) is 21.1. The van der Waals surface area contributed by atoms with Gasteiger partial charge in [-0.2, -0.15) is 0 Å². The fourth-order valence-electron chi connectivity index (χ4n) is 2.25. The first kappa shape index (κ1) is 13.6. The Kier molecular flexibility index (Phi) is 3.14. The van der Waals surface area contributed by atoms with E-state index in [-0.39, 0.29) is 16.9 Å². The zero-order chi connectivity index (χ0) is 14.4. The number of rotatable bonds is 2. The summed E-state index contributed by atoms with van der Waals surface area (Å²) in [6, 6.07) is 7.19. The lowest BCUT2D eigenvalue weighted by atomic mass is 9.86. The minimum absolute atomic E-state index is 0.0340. The van der Waals surface area contributed by atoms with E-state index in [1.807, 2.05) is 12.1 Å². The molecule has 4 heteroatoms. The molecule has 0 amide bonds. The number of aromatic hydroxyl groups is 1. The first-order valence-corrected chi connectivity index (χ1v) is 6.28. The monoisotopic (exact) mass is 261 g/mol. The second kappa shape index (κ2) is 4.38. The number of aryl methyl sites for hydroxylation is 1. The third-order valence-corrected chi connectivity index (χ3v) is 3.80. The molecule has 0 saturated carbocycles. The van der Waals surface area contributed by atoms with E-state index >= 15 is 0 Å². The standard InChI is InChI=1S/C15H19NO3/c1-9(15(2,3)19)12-13(17)10-7-5-6-8-11(10)16(4)14(12)18/h5-9,17,19H,1-4H3/t9-/m1/s1. The van der Waals surface area contributed by atoms with E-state index < -0.39 is 11.5 Å². The third-order valence-electron chi connectivity index (χ3n) is 3.80. The van der Waals surface area contributed by atoms with Crippen LogP contribution in [0.15, 0.2) is 29.1 Å². The molecule has 0 unspecified atom stereocenters. The molecule has 0 aliphatic heterocycles. The van der Waals surface area contributed by atoms with Gasteiger partial charge < -0.3 is 14.8 Å². The molecule has 1 heterocycles. The third kappa shape index (κ3) is 2.12. The number of hydrogen-bond acceptors (Lipinski definition) is 3. The molecule has 19 heavy (non-hydrogen) atoms. The van der Waals surface area contributed by atoms with Crippen LogP contribution in [0.4, 0.5) is 0 Å². The van der Waals surface area contributed by atoms with Gasteiger partial charge in [-0.1, -0.05) is 19.1 Å². The summed E-state index contributed by atoms with van der Waals surface area (Å²) < 4.78 is 1.51. The number of para-hydroxylation sites is 1. The highest BCUT2D eigenvalue weighted by Gasteiger charge is 2.30. The minimum atomic E-state index is -1.08. The van der Waals surface area contributed by atoms with Gasteiger partial charge in [0.25, 0.3) is 5.56 Å². The first-order chi connectivity index (χ1) is 8.75. The Balaban J connectivity index is 2.87. The van der Waals surface area contributed by atoms with Crippen LogP contribution in [0.1, 0.15) is 32.3 Å². The van der Waals surface area contributed by atoms with Gasteiger partial charge in [0, 0.05) is 18.4 Å². The number of aliphatic hydroxyl groups is 1. The van der Waals surface area contributed by atoms with Crippen molar-refractivity contribution in [2.24, 2.45) is 7.05 Å². The van der Waals surface area contributed by atoms with Crippen molar-refractivity contribution < 1.29 is 10.2 Å². The largest absolute Gasteiger partial charge is 0.507 e. The van der Waals surface area contributed by atoms with Crippen molar-refractivity contribution in [2.75, 3.05) is 0 Å². The number of fused-ring (bicyclic) bond motifs is 1. The quantitative estimate of drug-likeness (QED) is 0.870. The van der Waals surface area contributed by atoms with Crippen LogP contribution >= 0.6 is 0 Å². The molecule has 0 bridgehead atoms. The van der Waals surface area contributed by atoms with E-state index in [2.05, 4.69) is 0 Å². The number of pyridine rings is 1. The summed E-state index contributed by atoms with van der Waals surface area (Å²) in [5.41, 5.74) is -0.414. The molecule has 0 radical (unpaired) electrons. The summed E-state index contributed by atoms with van der Waals surface area (Å²) >= 11 is 0. The number of benzene rings is 1. The summed E-state index contributed by atoms with van der Waals surface area (Å²) in [7, 11) is 1.67. The van der Waals surface area contributed by atoms with E-state index in [1.54, 1.807) is 40.0 Å². The van der Waals surface area contributed by atoms with Crippen LogP contribution in [0.2, 0.25) is 0 Å². The van der Waals surface area contributed by atoms with Gasteiger partial charge in [-0.15, -0.1) is 0 Å². The molecule has 0 fully saturated rings. The van der Waals surface area contributed by atoms with Crippen LogP contribution in [0.3, 0.4) is 0 Å². The van der Waals surface area contributed by atoms with E-state index in [9.17, 15) is 15.0 Å². The predicted octanol–water partition coefficient (Wildman–Crippen LogP) is 2.12. The van der Waals surface area contributed by atoms with Crippen molar-refractivity contribution in [1.82, 2.24) is 4.57 Å². The molecule has 0 aliphatic rings. The molecule has 2 N–H and O–H groups in total. The van der Waals surface area contributed by atoms with Crippen LogP contribution in [-0.4, -0.2) is 20.4 Å². The van der Waals surface area contributed by atoms with Crippen LogP contribution in [0, 0.1) is 0 Å². The highest BCUT2D eigenvalue weighted by atomic mass is 16.3. The fraction of sp³-hybridized carbons (Fsp3) is 0.400. The van der Waals surface area contributed by atoms with Crippen LogP contribution < -0.4 is 5.56 Å². The topological polar surface area (TPSA) is 62.5 Å². The maximum atomic E-state index is 12.4. The number of aromatic nitrogens is 1. The smallest absolute Gasteiger partial charge is 0.258 e. The van der Waals surface area contributed by atoms with Gasteiger partial charge in [-0.05, 0) is 26.0 Å².